The van der Waals surface area contributed by atoms with Crippen molar-refractivity contribution in [3.63, 3.8) is 0 Å². The Labute approximate surface area is 91.2 Å². The third-order valence-corrected chi connectivity index (χ3v) is 2.25. The lowest BCUT2D eigenvalue weighted by Gasteiger charge is -2.03. The Morgan fingerprint density at radius 1 is 1.57 bits per heavy atom. The first-order valence-corrected chi connectivity index (χ1v) is 4.72. The molecule has 14 heavy (non-hydrogen) atoms. The lowest BCUT2D eigenvalue weighted by molar-refractivity contribution is -0.142. The van der Waals surface area contributed by atoms with Crippen molar-refractivity contribution in [2.45, 2.75) is 13.3 Å². The minimum Gasteiger partial charge on any atom is -0.466 e. The molecule has 0 saturated heterocycles. The molecule has 0 atom stereocenters. The summed E-state index contributed by atoms with van der Waals surface area (Å²) in [6.07, 6.45) is 1.45. The molecule has 4 nitrogen and oxygen atoms in total. The number of halogens is 2. The molecule has 0 N–H and O–H groups in total. The van der Waals surface area contributed by atoms with Crippen LogP contribution in [0.25, 0.3) is 0 Å². The fourth-order valence-electron chi connectivity index (χ4n) is 0.873. The highest BCUT2D eigenvalue weighted by molar-refractivity contribution is 6.41. The van der Waals surface area contributed by atoms with Crippen molar-refractivity contribution >= 4 is 29.2 Å². The number of hydrogen-bond donors (Lipinski definition) is 0. The van der Waals surface area contributed by atoms with Gasteiger partial charge in [0.25, 0.3) is 0 Å². The average Bonchev–Trinajstić information content (AvgIpc) is 2.13. The van der Waals surface area contributed by atoms with Gasteiger partial charge in [0.15, 0.2) is 5.15 Å². The molecule has 0 aliphatic rings. The summed E-state index contributed by atoms with van der Waals surface area (Å²) in [5.74, 6) is -0.363. The molecule has 0 fully saturated rings. The minimum absolute atomic E-state index is 0.0575. The number of ether oxygens (including phenoxy) is 1. The van der Waals surface area contributed by atoms with Crippen LogP contribution in [0, 0.1) is 0 Å². The van der Waals surface area contributed by atoms with E-state index in [1.807, 2.05) is 0 Å². The molecule has 0 aromatic carbocycles. The quantitative estimate of drug-likeness (QED) is 0.750. The maximum atomic E-state index is 11.1. The van der Waals surface area contributed by atoms with Crippen molar-refractivity contribution in [1.82, 2.24) is 10.2 Å². The van der Waals surface area contributed by atoms with Gasteiger partial charge in [0.05, 0.1) is 24.2 Å². The number of carbonyl (C=O) groups is 1. The van der Waals surface area contributed by atoms with E-state index in [0.717, 1.165) is 0 Å². The molecule has 1 rings (SSSR count). The van der Waals surface area contributed by atoms with Crippen LogP contribution in [0.3, 0.4) is 0 Å². The molecule has 0 bridgehead atoms. The minimum atomic E-state index is -0.363. The van der Waals surface area contributed by atoms with E-state index in [9.17, 15) is 4.79 Å². The molecule has 76 valence electrons. The lowest BCUT2D eigenvalue weighted by atomic mass is 10.2. The Hall–Kier alpha value is -0.870. The standard InChI is InChI=1S/C8H8Cl2N2O2/c1-2-14-6(13)3-5-4-11-12-8(10)7(5)9/h4H,2-3H2,1H3. The predicted octanol–water partition coefficient (Wildman–Crippen LogP) is 1.89. The van der Waals surface area contributed by atoms with Crippen molar-refractivity contribution < 1.29 is 9.53 Å². The fraction of sp³-hybridized carbons (Fsp3) is 0.375. The average molecular weight is 235 g/mol. The molecule has 0 amide bonds. The topological polar surface area (TPSA) is 52.1 Å². The number of carbonyl (C=O) groups excluding carboxylic acids is 1. The summed E-state index contributed by atoms with van der Waals surface area (Å²) in [5, 5.41) is 7.44. The number of hydrogen-bond acceptors (Lipinski definition) is 4. The first kappa shape index (κ1) is 11.2. The third-order valence-electron chi connectivity index (χ3n) is 1.46. The van der Waals surface area contributed by atoms with E-state index < -0.39 is 0 Å². The van der Waals surface area contributed by atoms with Gasteiger partial charge in [-0.3, -0.25) is 4.79 Å². The van der Waals surface area contributed by atoms with Crippen LogP contribution in [-0.4, -0.2) is 22.8 Å². The predicted molar refractivity (Wildman–Crippen MR) is 52.4 cm³/mol. The zero-order valence-electron chi connectivity index (χ0n) is 7.46. The molecule has 1 aromatic rings. The van der Waals surface area contributed by atoms with Crippen molar-refractivity contribution in [2.24, 2.45) is 0 Å². The van der Waals surface area contributed by atoms with Crippen molar-refractivity contribution in [3.8, 4) is 0 Å². The molecule has 6 heteroatoms. The van der Waals surface area contributed by atoms with E-state index in [1.165, 1.54) is 6.20 Å². The molecule has 0 unspecified atom stereocenters. The SMILES string of the molecule is CCOC(=O)Cc1cnnc(Cl)c1Cl. The molecule has 1 aromatic heterocycles. The van der Waals surface area contributed by atoms with Crippen LogP contribution in [0.5, 0.6) is 0 Å². The Morgan fingerprint density at radius 2 is 2.29 bits per heavy atom. The first-order valence-electron chi connectivity index (χ1n) is 3.96. The van der Waals surface area contributed by atoms with Crippen LogP contribution in [0.2, 0.25) is 10.2 Å². The number of nitrogens with zero attached hydrogens (tertiary/aromatic N) is 2. The number of esters is 1. The summed E-state index contributed by atoms with van der Waals surface area (Å²) >= 11 is 11.4. The van der Waals surface area contributed by atoms with Gasteiger partial charge in [0, 0.05) is 5.56 Å². The van der Waals surface area contributed by atoms with Crippen molar-refractivity contribution in [2.75, 3.05) is 6.61 Å². The molecule has 0 spiro atoms. The van der Waals surface area contributed by atoms with Crippen LogP contribution < -0.4 is 0 Å². The maximum Gasteiger partial charge on any atom is 0.310 e. The Kier molecular flexibility index (Phi) is 4.10. The van der Waals surface area contributed by atoms with Gasteiger partial charge < -0.3 is 4.74 Å². The van der Waals surface area contributed by atoms with Crippen LogP contribution in [0.1, 0.15) is 12.5 Å². The van der Waals surface area contributed by atoms with Gasteiger partial charge >= 0.3 is 5.97 Å². The van der Waals surface area contributed by atoms with Gasteiger partial charge in [-0.1, -0.05) is 23.2 Å². The summed E-state index contributed by atoms with van der Waals surface area (Å²) < 4.78 is 4.75. The van der Waals surface area contributed by atoms with Crippen LogP contribution in [-0.2, 0) is 16.0 Å². The Balaban J connectivity index is 2.76. The zero-order chi connectivity index (χ0) is 10.6. The maximum absolute atomic E-state index is 11.1. The summed E-state index contributed by atoms with van der Waals surface area (Å²) in [6.45, 7) is 2.07. The highest BCUT2D eigenvalue weighted by Gasteiger charge is 2.11. The molecular weight excluding hydrogens is 227 g/mol. The third kappa shape index (κ3) is 2.82. The van der Waals surface area contributed by atoms with Gasteiger partial charge in [-0.2, -0.15) is 5.10 Å². The van der Waals surface area contributed by atoms with E-state index >= 15 is 0 Å². The molecule has 0 aliphatic carbocycles. The number of aromatic nitrogens is 2. The van der Waals surface area contributed by atoms with E-state index in [4.69, 9.17) is 27.9 Å². The molecular formula is C8H8Cl2N2O2. The van der Waals surface area contributed by atoms with Crippen LogP contribution >= 0.6 is 23.2 Å². The van der Waals surface area contributed by atoms with Crippen molar-refractivity contribution in [1.29, 1.82) is 0 Å². The van der Waals surface area contributed by atoms with E-state index in [0.29, 0.717) is 12.2 Å². The smallest absolute Gasteiger partial charge is 0.310 e. The second-order valence-electron chi connectivity index (χ2n) is 2.46. The van der Waals surface area contributed by atoms with E-state index in [1.54, 1.807) is 6.92 Å². The monoisotopic (exact) mass is 234 g/mol. The van der Waals surface area contributed by atoms with Gasteiger partial charge in [0.2, 0.25) is 0 Å². The Bertz CT molecular complexity index is 344. The largest absolute Gasteiger partial charge is 0.466 e. The summed E-state index contributed by atoms with van der Waals surface area (Å²) in [7, 11) is 0. The lowest BCUT2D eigenvalue weighted by Crippen LogP contribution is -2.08. The second kappa shape index (κ2) is 5.12. The molecule has 0 aliphatic heterocycles. The fourth-order valence-corrected chi connectivity index (χ4v) is 1.19. The molecule has 1 heterocycles. The highest BCUT2D eigenvalue weighted by Crippen LogP contribution is 2.22. The van der Waals surface area contributed by atoms with Crippen molar-refractivity contribution in [3.05, 3.63) is 21.9 Å². The zero-order valence-corrected chi connectivity index (χ0v) is 8.97. The normalized spacial score (nSPS) is 9.93. The summed E-state index contributed by atoms with van der Waals surface area (Å²) in [4.78, 5) is 11.1. The summed E-state index contributed by atoms with van der Waals surface area (Å²) in [5.41, 5.74) is 0.519. The second-order valence-corrected chi connectivity index (χ2v) is 3.19. The van der Waals surface area contributed by atoms with Gasteiger partial charge in [0.1, 0.15) is 0 Å². The molecule has 0 saturated carbocycles. The van der Waals surface area contributed by atoms with Gasteiger partial charge in [-0.15, -0.1) is 5.10 Å². The molecule has 0 radical (unpaired) electrons. The van der Waals surface area contributed by atoms with E-state index in [-0.39, 0.29) is 22.6 Å². The number of rotatable bonds is 3. The van der Waals surface area contributed by atoms with Crippen LogP contribution in [0.15, 0.2) is 6.20 Å². The first-order chi connectivity index (χ1) is 6.65. The van der Waals surface area contributed by atoms with Gasteiger partial charge in [-0.05, 0) is 6.92 Å². The van der Waals surface area contributed by atoms with Gasteiger partial charge in [-0.25, -0.2) is 0 Å². The summed E-state index contributed by atoms with van der Waals surface area (Å²) in [6, 6.07) is 0. The van der Waals surface area contributed by atoms with E-state index in [2.05, 4.69) is 10.2 Å². The highest BCUT2D eigenvalue weighted by atomic mass is 35.5. The van der Waals surface area contributed by atoms with Crippen LogP contribution in [0.4, 0.5) is 0 Å². The Morgan fingerprint density at radius 3 is 2.93 bits per heavy atom.